The van der Waals surface area contributed by atoms with Gasteiger partial charge in [0, 0.05) is 13.0 Å². The van der Waals surface area contributed by atoms with Crippen LogP contribution in [0.15, 0.2) is 0 Å². The number of fused-ring (bicyclic) bond motifs is 1. The summed E-state index contributed by atoms with van der Waals surface area (Å²) in [5, 5.41) is 6.52. The van der Waals surface area contributed by atoms with Crippen LogP contribution < -0.4 is 5.32 Å². The molecule has 0 bridgehead atoms. The highest BCUT2D eigenvalue weighted by Crippen LogP contribution is 2.30. The second kappa shape index (κ2) is 4.04. The number of likely N-dealkylation sites (N-methyl/N-ethyl adjacent to an activating group) is 1. The van der Waals surface area contributed by atoms with Gasteiger partial charge in [-0.25, -0.2) is 9.67 Å². The van der Waals surface area contributed by atoms with Gasteiger partial charge in [0.15, 0.2) is 0 Å². The molecule has 4 nitrogen and oxygen atoms in total. The van der Waals surface area contributed by atoms with E-state index in [1.807, 2.05) is 0 Å². The average Bonchev–Trinajstić information content (AvgIpc) is 2.62. The molecule has 0 aliphatic carbocycles. The molecule has 1 N–H and O–H groups in total. The number of nitrogens with zero attached hydrogens (tertiary/aromatic N) is 3. The molecule has 0 saturated heterocycles. The molecule has 7 heteroatoms. The summed E-state index contributed by atoms with van der Waals surface area (Å²) in [4.78, 5) is 3.55. The number of aromatic nitrogens is 3. The molecule has 0 amide bonds. The van der Waals surface area contributed by atoms with Crippen molar-refractivity contribution < 1.29 is 13.2 Å². The molecule has 0 aromatic carbocycles. The van der Waals surface area contributed by atoms with Crippen molar-refractivity contribution in [1.29, 1.82) is 0 Å². The van der Waals surface area contributed by atoms with Gasteiger partial charge in [-0.15, -0.1) is 5.10 Å². The molecule has 0 fully saturated rings. The summed E-state index contributed by atoms with van der Waals surface area (Å²) in [5.41, 5.74) is 0. The summed E-state index contributed by atoms with van der Waals surface area (Å²) < 4.78 is 38.7. The van der Waals surface area contributed by atoms with Crippen LogP contribution in [0.1, 0.15) is 30.5 Å². The topological polar surface area (TPSA) is 42.7 Å². The van der Waals surface area contributed by atoms with Crippen molar-refractivity contribution in [2.24, 2.45) is 0 Å². The molecule has 1 atom stereocenters. The van der Waals surface area contributed by atoms with Crippen LogP contribution in [0.2, 0.25) is 0 Å². The molecule has 1 aliphatic heterocycles. The van der Waals surface area contributed by atoms with E-state index >= 15 is 0 Å². The Morgan fingerprint density at radius 2 is 2.25 bits per heavy atom. The maximum atomic E-state index is 12.4. The summed E-state index contributed by atoms with van der Waals surface area (Å²) >= 11 is 0. The van der Waals surface area contributed by atoms with E-state index in [0.717, 1.165) is 12.8 Å². The van der Waals surface area contributed by atoms with Crippen LogP contribution in [0, 0.1) is 0 Å². The number of hydrogen-bond acceptors (Lipinski definition) is 3. The van der Waals surface area contributed by atoms with Crippen molar-refractivity contribution in [3.63, 3.8) is 0 Å². The number of halogens is 3. The predicted molar refractivity (Wildman–Crippen MR) is 50.9 cm³/mol. The van der Waals surface area contributed by atoms with Crippen LogP contribution in [-0.2, 0) is 12.6 Å². The minimum Gasteiger partial charge on any atom is -0.318 e. The number of hydrogen-bond donors (Lipinski definition) is 1. The zero-order valence-electron chi connectivity index (χ0n) is 8.88. The summed E-state index contributed by atoms with van der Waals surface area (Å²) in [6.07, 6.45) is -2.17. The molecule has 2 rings (SSSR count). The van der Waals surface area contributed by atoms with Gasteiger partial charge in [-0.2, -0.15) is 13.2 Å². The van der Waals surface area contributed by atoms with E-state index in [0.29, 0.717) is 18.8 Å². The van der Waals surface area contributed by atoms with E-state index in [9.17, 15) is 13.2 Å². The first-order valence-electron chi connectivity index (χ1n) is 5.19. The van der Waals surface area contributed by atoms with Crippen LogP contribution in [0.5, 0.6) is 0 Å². The minimum absolute atomic E-state index is 0.0163. The normalized spacial score (nSPS) is 20.9. The Labute approximate surface area is 90.9 Å². The van der Waals surface area contributed by atoms with Gasteiger partial charge in [-0.1, -0.05) is 0 Å². The highest BCUT2D eigenvalue weighted by molar-refractivity contribution is 5.01. The first kappa shape index (κ1) is 11.4. The third kappa shape index (κ3) is 2.04. The van der Waals surface area contributed by atoms with E-state index < -0.39 is 12.0 Å². The highest BCUT2D eigenvalue weighted by Gasteiger charge is 2.38. The van der Waals surface area contributed by atoms with E-state index in [1.54, 1.807) is 7.05 Å². The lowest BCUT2D eigenvalue weighted by Gasteiger charge is -2.22. The van der Waals surface area contributed by atoms with E-state index in [1.165, 1.54) is 4.68 Å². The lowest BCUT2D eigenvalue weighted by Crippen LogP contribution is -2.27. The van der Waals surface area contributed by atoms with Crippen molar-refractivity contribution >= 4 is 0 Å². The molecule has 1 aromatic rings. The summed E-state index contributed by atoms with van der Waals surface area (Å²) in [6, 6.07) is -0.0163. The quantitative estimate of drug-likeness (QED) is 0.841. The lowest BCUT2D eigenvalue weighted by molar-refractivity contribution is -0.145. The minimum atomic E-state index is -4.45. The molecule has 0 radical (unpaired) electrons. The largest absolute Gasteiger partial charge is 0.453 e. The molecule has 1 aliphatic rings. The summed E-state index contributed by atoms with van der Waals surface area (Å²) in [7, 11) is 1.77. The lowest BCUT2D eigenvalue weighted by atomic mass is 10.1. The van der Waals surface area contributed by atoms with Crippen molar-refractivity contribution in [2.75, 3.05) is 13.6 Å². The Hall–Kier alpha value is -1.11. The van der Waals surface area contributed by atoms with Gasteiger partial charge in [-0.05, 0) is 19.9 Å². The average molecular weight is 234 g/mol. The summed E-state index contributed by atoms with van der Waals surface area (Å²) in [6.45, 7) is 0.619. The van der Waals surface area contributed by atoms with Gasteiger partial charge >= 0.3 is 6.18 Å². The van der Waals surface area contributed by atoms with Gasteiger partial charge in [0.05, 0.1) is 6.04 Å². The van der Waals surface area contributed by atoms with Crippen molar-refractivity contribution in [1.82, 2.24) is 20.1 Å². The summed E-state index contributed by atoms with van der Waals surface area (Å²) in [5.74, 6) is -0.579. The van der Waals surface area contributed by atoms with Crippen LogP contribution in [-0.4, -0.2) is 28.4 Å². The van der Waals surface area contributed by atoms with Crippen molar-refractivity contribution in [3.05, 3.63) is 11.6 Å². The maximum Gasteiger partial charge on any atom is 0.453 e. The molecule has 16 heavy (non-hydrogen) atoms. The third-order valence-electron chi connectivity index (χ3n) is 2.68. The van der Waals surface area contributed by atoms with Gasteiger partial charge in [0.25, 0.3) is 5.82 Å². The molecule has 90 valence electrons. The predicted octanol–water partition coefficient (Wildman–Crippen LogP) is 1.39. The number of rotatable bonds is 2. The van der Waals surface area contributed by atoms with Crippen LogP contribution >= 0.6 is 0 Å². The zero-order chi connectivity index (χ0) is 11.8. The first-order valence-corrected chi connectivity index (χ1v) is 5.19. The highest BCUT2D eigenvalue weighted by atomic mass is 19.4. The van der Waals surface area contributed by atoms with Crippen molar-refractivity contribution in [2.45, 2.75) is 31.5 Å². The Bertz CT molecular complexity index is 371. The van der Waals surface area contributed by atoms with Crippen LogP contribution in [0.3, 0.4) is 0 Å². The molecule has 0 spiro atoms. The van der Waals surface area contributed by atoms with Crippen LogP contribution in [0.25, 0.3) is 0 Å². The second-order valence-corrected chi connectivity index (χ2v) is 3.90. The third-order valence-corrected chi connectivity index (χ3v) is 2.68. The molecule has 1 unspecified atom stereocenters. The fourth-order valence-corrected chi connectivity index (χ4v) is 1.98. The standard InChI is InChI=1S/C9H13F3N4/c1-13-5-6-3-2-4-7-14-8(9(10,11)12)15-16(6)7/h6,13H,2-5H2,1H3. The monoisotopic (exact) mass is 234 g/mol. The Morgan fingerprint density at radius 3 is 2.88 bits per heavy atom. The van der Waals surface area contributed by atoms with E-state index in [-0.39, 0.29) is 6.04 Å². The van der Waals surface area contributed by atoms with E-state index in [4.69, 9.17) is 0 Å². The fourth-order valence-electron chi connectivity index (χ4n) is 1.98. The fraction of sp³-hybridized carbons (Fsp3) is 0.778. The molecular weight excluding hydrogens is 221 g/mol. The maximum absolute atomic E-state index is 12.4. The Balaban J connectivity index is 2.31. The number of nitrogens with one attached hydrogen (secondary N) is 1. The van der Waals surface area contributed by atoms with Crippen LogP contribution in [0.4, 0.5) is 13.2 Å². The molecule has 0 saturated carbocycles. The number of alkyl halides is 3. The SMILES string of the molecule is CNCC1CCCc2nc(C(F)(F)F)nn21. The first-order chi connectivity index (χ1) is 7.52. The Morgan fingerprint density at radius 1 is 1.50 bits per heavy atom. The molecule has 1 aromatic heterocycles. The smallest absolute Gasteiger partial charge is 0.318 e. The zero-order valence-corrected chi connectivity index (χ0v) is 8.88. The van der Waals surface area contributed by atoms with Gasteiger partial charge in [0.1, 0.15) is 5.82 Å². The Kier molecular flexibility index (Phi) is 2.88. The van der Waals surface area contributed by atoms with Gasteiger partial charge < -0.3 is 5.32 Å². The number of aryl methyl sites for hydroxylation is 1. The molecule has 2 heterocycles. The van der Waals surface area contributed by atoms with Crippen molar-refractivity contribution in [3.8, 4) is 0 Å². The van der Waals surface area contributed by atoms with E-state index in [2.05, 4.69) is 15.4 Å². The van der Waals surface area contributed by atoms with Gasteiger partial charge in [-0.3, -0.25) is 0 Å². The van der Waals surface area contributed by atoms with Gasteiger partial charge in [0.2, 0.25) is 0 Å². The second-order valence-electron chi connectivity index (χ2n) is 3.90. The molecular formula is C9H13F3N4.